The quantitative estimate of drug-likeness (QED) is 0.769. The van der Waals surface area contributed by atoms with Crippen LogP contribution in [0.15, 0.2) is 40.3 Å². The van der Waals surface area contributed by atoms with E-state index in [1.165, 1.54) is 11.3 Å². The van der Waals surface area contributed by atoms with E-state index in [1.54, 1.807) is 6.20 Å². The van der Waals surface area contributed by atoms with Crippen molar-refractivity contribution < 1.29 is 9.21 Å². The van der Waals surface area contributed by atoms with Crippen molar-refractivity contribution in [3.05, 3.63) is 53.1 Å². The molecule has 3 rings (SSSR count). The van der Waals surface area contributed by atoms with Gasteiger partial charge in [0.25, 0.3) is 0 Å². The van der Waals surface area contributed by atoms with Crippen LogP contribution in [0.3, 0.4) is 0 Å². The van der Waals surface area contributed by atoms with Crippen LogP contribution in [0.25, 0.3) is 11.3 Å². The van der Waals surface area contributed by atoms with E-state index in [9.17, 15) is 4.79 Å². The number of furan rings is 1. The van der Waals surface area contributed by atoms with Gasteiger partial charge < -0.3 is 9.73 Å². The van der Waals surface area contributed by atoms with Gasteiger partial charge >= 0.3 is 0 Å². The molecule has 0 atom stereocenters. The molecule has 0 spiro atoms. The van der Waals surface area contributed by atoms with Gasteiger partial charge in [0, 0.05) is 29.3 Å². The number of aromatic nitrogens is 2. The molecule has 3 heterocycles. The van der Waals surface area contributed by atoms with Crippen LogP contribution in [0, 0.1) is 13.8 Å². The highest BCUT2D eigenvalue weighted by Crippen LogP contribution is 2.29. The van der Waals surface area contributed by atoms with Gasteiger partial charge in [-0.2, -0.15) is 0 Å². The van der Waals surface area contributed by atoms with Gasteiger partial charge in [-0.25, -0.2) is 4.98 Å². The monoisotopic (exact) mass is 327 g/mol. The number of hydrogen-bond acceptors (Lipinski definition) is 5. The summed E-state index contributed by atoms with van der Waals surface area (Å²) in [5.74, 6) is 1.63. The van der Waals surface area contributed by atoms with Crippen LogP contribution in [0.2, 0.25) is 0 Å². The van der Waals surface area contributed by atoms with Crippen molar-refractivity contribution in [1.82, 2.24) is 9.97 Å². The van der Waals surface area contributed by atoms with Crippen LogP contribution in [0.4, 0.5) is 5.13 Å². The molecule has 23 heavy (non-hydrogen) atoms. The number of anilines is 1. The SMILES string of the molecule is Cc1cc(-c2csc(NC(=O)CCc3ccccn3)n2)c(C)o1. The van der Waals surface area contributed by atoms with E-state index in [4.69, 9.17) is 4.42 Å². The molecule has 0 aromatic carbocycles. The Bertz CT molecular complexity index is 808. The second-order valence-electron chi connectivity index (χ2n) is 5.23. The number of nitrogens with one attached hydrogen (secondary N) is 1. The zero-order valence-corrected chi connectivity index (χ0v) is 13.8. The molecule has 118 valence electrons. The average Bonchev–Trinajstić information content (AvgIpc) is 3.12. The van der Waals surface area contributed by atoms with Crippen molar-refractivity contribution in [2.45, 2.75) is 26.7 Å². The first kappa shape index (κ1) is 15.4. The highest BCUT2D eigenvalue weighted by atomic mass is 32.1. The van der Waals surface area contributed by atoms with Gasteiger partial charge in [-0.15, -0.1) is 11.3 Å². The Labute approximate surface area is 138 Å². The Kier molecular flexibility index (Phi) is 4.52. The van der Waals surface area contributed by atoms with Gasteiger partial charge in [-0.1, -0.05) is 6.07 Å². The van der Waals surface area contributed by atoms with Gasteiger partial charge in [-0.05, 0) is 38.5 Å². The van der Waals surface area contributed by atoms with E-state index in [-0.39, 0.29) is 5.91 Å². The van der Waals surface area contributed by atoms with Gasteiger partial charge in [0.1, 0.15) is 11.5 Å². The first-order valence-electron chi connectivity index (χ1n) is 7.34. The zero-order valence-electron chi connectivity index (χ0n) is 13.0. The summed E-state index contributed by atoms with van der Waals surface area (Å²) in [7, 11) is 0. The van der Waals surface area contributed by atoms with Crippen LogP contribution in [-0.4, -0.2) is 15.9 Å². The molecule has 0 unspecified atom stereocenters. The molecular weight excluding hydrogens is 310 g/mol. The fraction of sp³-hybridized carbons (Fsp3) is 0.235. The number of carbonyl (C=O) groups is 1. The number of thiazole rings is 1. The minimum Gasteiger partial charge on any atom is -0.466 e. The third-order valence-corrected chi connectivity index (χ3v) is 4.16. The molecule has 1 amide bonds. The molecule has 0 saturated carbocycles. The second kappa shape index (κ2) is 6.75. The van der Waals surface area contributed by atoms with E-state index in [0.717, 1.165) is 28.5 Å². The lowest BCUT2D eigenvalue weighted by Gasteiger charge is -2.01. The second-order valence-corrected chi connectivity index (χ2v) is 6.09. The number of carbonyl (C=O) groups excluding carboxylic acids is 1. The van der Waals surface area contributed by atoms with Crippen LogP contribution >= 0.6 is 11.3 Å². The third-order valence-electron chi connectivity index (χ3n) is 3.40. The van der Waals surface area contributed by atoms with Crippen molar-refractivity contribution in [2.24, 2.45) is 0 Å². The lowest BCUT2D eigenvalue weighted by atomic mass is 10.2. The number of hydrogen-bond donors (Lipinski definition) is 1. The molecule has 1 N–H and O–H groups in total. The van der Waals surface area contributed by atoms with Gasteiger partial charge in [0.2, 0.25) is 5.91 Å². The Hall–Kier alpha value is -2.47. The lowest BCUT2D eigenvalue weighted by molar-refractivity contribution is -0.116. The summed E-state index contributed by atoms with van der Waals surface area (Å²) in [5.41, 5.74) is 2.70. The molecule has 0 aliphatic carbocycles. The molecule has 3 aromatic heterocycles. The van der Waals surface area contributed by atoms with Crippen molar-refractivity contribution in [2.75, 3.05) is 5.32 Å². The van der Waals surface area contributed by atoms with Crippen molar-refractivity contribution >= 4 is 22.4 Å². The van der Waals surface area contributed by atoms with E-state index < -0.39 is 0 Å². The molecule has 0 fully saturated rings. The largest absolute Gasteiger partial charge is 0.466 e. The maximum atomic E-state index is 12.0. The van der Waals surface area contributed by atoms with Gasteiger partial charge in [-0.3, -0.25) is 9.78 Å². The van der Waals surface area contributed by atoms with Gasteiger partial charge in [0.05, 0.1) is 5.69 Å². The first-order chi connectivity index (χ1) is 11.1. The summed E-state index contributed by atoms with van der Waals surface area (Å²) in [6.45, 7) is 3.82. The summed E-state index contributed by atoms with van der Waals surface area (Å²) in [6.07, 6.45) is 2.73. The maximum Gasteiger partial charge on any atom is 0.226 e. The summed E-state index contributed by atoms with van der Waals surface area (Å²) in [5, 5.41) is 5.36. The summed E-state index contributed by atoms with van der Waals surface area (Å²) in [4.78, 5) is 20.7. The summed E-state index contributed by atoms with van der Waals surface area (Å²) in [6, 6.07) is 7.65. The van der Waals surface area contributed by atoms with Crippen LogP contribution in [0.1, 0.15) is 23.6 Å². The van der Waals surface area contributed by atoms with E-state index in [1.807, 2.05) is 43.5 Å². The predicted octanol–water partition coefficient (Wildman–Crippen LogP) is 3.99. The minimum absolute atomic E-state index is 0.0587. The average molecular weight is 327 g/mol. The Morgan fingerprint density at radius 1 is 1.35 bits per heavy atom. The molecule has 0 aliphatic rings. The lowest BCUT2D eigenvalue weighted by Crippen LogP contribution is -2.12. The zero-order chi connectivity index (χ0) is 16.2. The molecule has 5 nitrogen and oxygen atoms in total. The Morgan fingerprint density at radius 2 is 2.22 bits per heavy atom. The smallest absolute Gasteiger partial charge is 0.226 e. The van der Waals surface area contributed by atoms with Crippen LogP contribution in [-0.2, 0) is 11.2 Å². The topological polar surface area (TPSA) is 68.0 Å². The highest BCUT2D eigenvalue weighted by molar-refractivity contribution is 7.14. The molecule has 3 aromatic rings. The van der Waals surface area contributed by atoms with E-state index in [0.29, 0.717) is 18.0 Å². The minimum atomic E-state index is -0.0587. The summed E-state index contributed by atoms with van der Waals surface area (Å²) < 4.78 is 5.52. The molecule has 0 aliphatic heterocycles. The van der Waals surface area contributed by atoms with Crippen molar-refractivity contribution in [3.63, 3.8) is 0 Å². The number of nitrogens with zero attached hydrogens (tertiary/aromatic N) is 2. The highest BCUT2D eigenvalue weighted by Gasteiger charge is 2.12. The Morgan fingerprint density at radius 3 is 2.91 bits per heavy atom. The number of pyridine rings is 1. The molecule has 0 saturated heterocycles. The molecule has 0 bridgehead atoms. The Balaban J connectivity index is 1.60. The molecule has 6 heteroatoms. The predicted molar refractivity (Wildman–Crippen MR) is 90.5 cm³/mol. The number of amides is 1. The fourth-order valence-electron chi connectivity index (χ4n) is 2.31. The van der Waals surface area contributed by atoms with Crippen molar-refractivity contribution in [1.29, 1.82) is 0 Å². The fourth-order valence-corrected chi connectivity index (χ4v) is 3.04. The van der Waals surface area contributed by atoms with Crippen molar-refractivity contribution in [3.8, 4) is 11.3 Å². The molecule has 0 radical (unpaired) electrons. The maximum absolute atomic E-state index is 12.0. The number of aryl methyl sites for hydroxylation is 3. The third kappa shape index (κ3) is 3.84. The first-order valence-corrected chi connectivity index (χ1v) is 8.22. The van der Waals surface area contributed by atoms with E-state index >= 15 is 0 Å². The standard InChI is InChI=1S/C17H17N3O2S/c1-11-9-14(12(2)22-11)15-10-23-17(19-15)20-16(21)7-6-13-5-3-4-8-18-13/h3-5,8-10H,6-7H2,1-2H3,(H,19,20,21). The number of rotatable bonds is 5. The van der Waals surface area contributed by atoms with Crippen LogP contribution in [0.5, 0.6) is 0 Å². The summed E-state index contributed by atoms with van der Waals surface area (Å²) >= 11 is 1.41. The molecular formula is C17H17N3O2S. The van der Waals surface area contributed by atoms with Gasteiger partial charge in [0.15, 0.2) is 5.13 Å². The normalized spacial score (nSPS) is 10.7. The van der Waals surface area contributed by atoms with Crippen LogP contribution < -0.4 is 5.32 Å². The van der Waals surface area contributed by atoms with E-state index in [2.05, 4.69) is 15.3 Å².